The smallest absolute Gasteiger partial charge is 0.328 e. The molecule has 4 rings (SSSR count). The second-order valence-electron chi connectivity index (χ2n) is 13.0. The molecule has 0 amide bonds. The van der Waals surface area contributed by atoms with Gasteiger partial charge in [0.2, 0.25) is 5.95 Å². The normalized spacial score (nSPS) is 17.0. The van der Waals surface area contributed by atoms with Gasteiger partial charge in [-0.3, -0.25) is 9.59 Å². The third-order valence-electron chi connectivity index (χ3n) is 6.76. The van der Waals surface area contributed by atoms with Crippen LogP contribution in [-0.2, 0) is 36.9 Å². The van der Waals surface area contributed by atoms with Gasteiger partial charge in [-0.1, -0.05) is 5.21 Å². The third kappa shape index (κ3) is 11.2. The minimum Gasteiger partial charge on any atom is -0.460 e. The van der Waals surface area contributed by atoms with E-state index < -0.39 is 11.2 Å². The van der Waals surface area contributed by atoms with Crippen molar-refractivity contribution in [3.63, 3.8) is 0 Å². The van der Waals surface area contributed by atoms with Crippen molar-refractivity contribution in [2.75, 3.05) is 61.5 Å². The maximum absolute atomic E-state index is 12.1. The first-order valence-electron chi connectivity index (χ1n) is 15.1. The number of rotatable bonds is 11. The van der Waals surface area contributed by atoms with E-state index >= 15 is 0 Å². The predicted octanol–water partition coefficient (Wildman–Crippen LogP) is 2.47. The number of nitrogens with one attached hydrogen (secondary N) is 2. The van der Waals surface area contributed by atoms with E-state index in [1.165, 1.54) is 4.68 Å². The number of esters is 2. The molecule has 14 heteroatoms. The van der Waals surface area contributed by atoms with Crippen LogP contribution in [0.5, 0.6) is 0 Å². The Hall–Kier alpha value is -3.52. The quantitative estimate of drug-likeness (QED) is 0.364. The van der Waals surface area contributed by atoms with E-state index in [0.29, 0.717) is 44.4 Å². The molecule has 2 saturated heterocycles. The summed E-state index contributed by atoms with van der Waals surface area (Å²) < 4.78 is 17.8. The number of nitrogens with zero attached hydrogens (tertiary/aromatic N) is 7. The Bertz CT molecular complexity index is 1210. The summed E-state index contributed by atoms with van der Waals surface area (Å²) >= 11 is 0. The van der Waals surface area contributed by atoms with Crippen molar-refractivity contribution < 1.29 is 23.8 Å². The molecule has 14 nitrogen and oxygen atoms in total. The van der Waals surface area contributed by atoms with Crippen molar-refractivity contribution in [1.29, 1.82) is 0 Å². The first-order valence-corrected chi connectivity index (χ1v) is 15.1. The number of hydrogen-bond donors (Lipinski definition) is 2. The van der Waals surface area contributed by atoms with Gasteiger partial charge in [0.25, 0.3) is 0 Å². The Balaban J connectivity index is 1.33. The Kier molecular flexibility index (Phi) is 10.8. The van der Waals surface area contributed by atoms with E-state index in [0.717, 1.165) is 50.7 Å². The third-order valence-corrected chi connectivity index (χ3v) is 6.76. The standard InChI is InChI=1S/C29H47N9O5/c1-28(2,3)42-25(39)9-12-36-10-7-21(8-11-36)31-23-17-24(37-13-15-41-16-14-37)33-27(32-23)30-18-22-19-38(35-34-22)20-26(40)43-29(4,5)6/h17,19,21H,7-16,18,20H2,1-6H3,(H2,30,31,32,33). The molecule has 0 saturated carbocycles. The molecule has 2 aliphatic rings. The van der Waals surface area contributed by atoms with Crippen molar-refractivity contribution in [2.24, 2.45) is 0 Å². The SMILES string of the molecule is CC(C)(C)OC(=O)CCN1CCC(Nc2cc(N3CCOCC3)nc(NCc3cn(CC(=O)OC(C)(C)C)nn3)n2)CC1. The van der Waals surface area contributed by atoms with Crippen LogP contribution in [0.1, 0.15) is 66.5 Å². The molecule has 0 radical (unpaired) electrons. The maximum Gasteiger partial charge on any atom is 0.328 e. The lowest BCUT2D eigenvalue weighted by atomic mass is 10.0. The molecule has 2 fully saturated rings. The van der Waals surface area contributed by atoms with Crippen molar-refractivity contribution in [1.82, 2.24) is 29.9 Å². The number of aromatic nitrogens is 5. The number of likely N-dealkylation sites (tertiary alicyclic amines) is 1. The lowest BCUT2D eigenvalue weighted by Gasteiger charge is -2.33. The average Bonchev–Trinajstić information content (AvgIpc) is 3.37. The number of carbonyl (C=O) groups is 2. The minimum absolute atomic E-state index is 0.0127. The van der Waals surface area contributed by atoms with Crippen LogP contribution in [0.2, 0.25) is 0 Å². The summed E-state index contributed by atoms with van der Waals surface area (Å²) in [7, 11) is 0. The van der Waals surface area contributed by atoms with Crippen LogP contribution in [0.15, 0.2) is 12.3 Å². The number of carbonyl (C=O) groups excluding carboxylic acids is 2. The first-order chi connectivity index (χ1) is 20.3. The molecule has 4 heterocycles. The molecule has 2 N–H and O–H groups in total. The summed E-state index contributed by atoms with van der Waals surface area (Å²) in [5, 5.41) is 15.1. The summed E-state index contributed by atoms with van der Waals surface area (Å²) in [4.78, 5) is 38.3. The molecule has 0 aromatic carbocycles. The minimum atomic E-state index is -0.560. The summed E-state index contributed by atoms with van der Waals surface area (Å²) in [6, 6.07) is 2.24. The number of anilines is 3. The van der Waals surface area contributed by atoms with E-state index in [2.05, 4.69) is 30.7 Å². The van der Waals surface area contributed by atoms with Gasteiger partial charge in [-0.05, 0) is 54.4 Å². The van der Waals surface area contributed by atoms with Crippen LogP contribution >= 0.6 is 0 Å². The van der Waals surface area contributed by atoms with Crippen molar-refractivity contribution >= 4 is 29.5 Å². The molecule has 0 atom stereocenters. The van der Waals surface area contributed by atoms with E-state index in [1.807, 2.05) is 47.6 Å². The number of piperidine rings is 1. The largest absolute Gasteiger partial charge is 0.460 e. The topological polar surface area (TPSA) is 149 Å². The molecule has 0 bridgehead atoms. The molecule has 0 aliphatic carbocycles. The summed E-state index contributed by atoms with van der Waals surface area (Å²) in [5.74, 6) is 1.52. The van der Waals surface area contributed by atoms with Crippen LogP contribution in [0.3, 0.4) is 0 Å². The highest BCUT2D eigenvalue weighted by atomic mass is 16.6. The van der Waals surface area contributed by atoms with Gasteiger partial charge in [0.05, 0.1) is 32.4 Å². The monoisotopic (exact) mass is 601 g/mol. The van der Waals surface area contributed by atoms with Crippen LogP contribution in [0.25, 0.3) is 0 Å². The summed E-state index contributed by atoms with van der Waals surface area (Å²) in [5.41, 5.74) is -0.369. The van der Waals surface area contributed by atoms with Crippen LogP contribution < -0.4 is 15.5 Å². The molecular formula is C29H47N9O5. The fourth-order valence-corrected chi connectivity index (χ4v) is 4.87. The molecule has 0 spiro atoms. The summed E-state index contributed by atoms with van der Waals surface area (Å²) in [6.45, 7) is 16.8. The van der Waals surface area contributed by atoms with Crippen molar-refractivity contribution in [3.05, 3.63) is 18.0 Å². The molecule has 0 unspecified atom stereocenters. The van der Waals surface area contributed by atoms with E-state index in [4.69, 9.17) is 24.2 Å². The Morgan fingerprint density at radius 3 is 2.33 bits per heavy atom. The lowest BCUT2D eigenvalue weighted by Crippen LogP contribution is -2.40. The second-order valence-corrected chi connectivity index (χ2v) is 13.0. The van der Waals surface area contributed by atoms with Gasteiger partial charge in [0.15, 0.2) is 0 Å². The van der Waals surface area contributed by atoms with Crippen LogP contribution in [-0.4, -0.2) is 105 Å². The van der Waals surface area contributed by atoms with E-state index in [9.17, 15) is 9.59 Å². The van der Waals surface area contributed by atoms with E-state index in [-0.39, 0.29) is 24.5 Å². The Labute approximate surface area is 253 Å². The highest BCUT2D eigenvalue weighted by molar-refractivity contribution is 5.70. The van der Waals surface area contributed by atoms with Gasteiger partial charge < -0.3 is 34.6 Å². The summed E-state index contributed by atoms with van der Waals surface area (Å²) in [6.07, 6.45) is 3.98. The predicted molar refractivity (Wildman–Crippen MR) is 162 cm³/mol. The Morgan fingerprint density at radius 2 is 1.65 bits per heavy atom. The van der Waals surface area contributed by atoms with Gasteiger partial charge in [-0.15, -0.1) is 5.10 Å². The Morgan fingerprint density at radius 1 is 0.977 bits per heavy atom. The van der Waals surface area contributed by atoms with Crippen LogP contribution in [0, 0.1) is 0 Å². The molecular weight excluding hydrogens is 554 g/mol. The number of hydrogen-bond acceptors (Lipinski definition) is 13. The van der Waals surface area contributed by atoms with Gasteiger partial charge >= 0.3 is 11.9 Å². The fourth-order valence-electron chi connectivity index (χ4n) is 4.87. The maximum atomic E-state index is 12.1. The second kappa shape index (κ2) is 14.3. The van der Waals surface area contributed by atoms with Gasteiger partial charge in [0.1, 0.15) is 35.1 Å². The molecule has 2 aromatic heterocycles. The van der Waals surface area contributed by atoms with Crippen LogP contribution in [0.4, 0.5) is 17.6 Å². The van der Waals surface area contributed by atoms with Gasteiger partial charge in [-0.2, -0.15) is 9.97 Å². The zero-order valence-electron chi connectivity index (χ0n) is 26.4. The lowest BCUT2D eigenvalue weighted by molar-refractivity contribution is -0.156. The zero-order chi connectivity index (χ0) is 31.0. The molecule has 2 aromatic rings. The molecule has 2 aliphatic heterocycles. The molecule has 43 heavy (non-hydrogen) atoms. The van der Waals surface area contributed by atoms with E-state index in [1.54, 1.807) is 6.20 Å². The highest BCUT2D eigenvalue weighted by Crippen LogP contribution is 2.23. The zero-order valence-corrected chi connectivity index (χ0v) is 26.4. The van der Waals surface area contributed by atoms with Gasteiger partial charge in [-0.25, -0.2) is 4.68 Å². The molecule has 238 valence electrons. The van der Waals surface area contributed by atoms with Crippen molar-refractivity contribution in [3.8, 4) is 0 Å². The highest BCUT2D eigenvalue weighted by Gasteiger charge is 2.23. The first kappa shape index (κ1) is 32.4. The fraction of sp³-hybridized carbons (Fsp3) is 0.724. The van der Waals surface area contributed by atoms with Gasteiger partial charge in [0, 0.05) is 44.8 Å². The number of morpholine rings is 1. The van der Waals surface area contributed by atoms with Crippen molar-refractivity contribution in [2.45, 2.75) is 91.1 Å². The average molecular weight is 602 g/mol. The number of ether oxygens (including phenoxy) is 3.